The van der Waals surface area contributed by atoms with Gasteiger partial charge in [0, 0.05) is 10.9 Å². The lowest BCUT2D eigenvalue weighted by Crippen LogP contribution is -2.36. The molecule has 0 bridgehead atoms. The zero-order valence-electron chi connectivity index (χ0n) is 17.4. The van der Waals surface area contributed by atoms with Crippen LogP contribution in [-0.2, 0) is 27.5 Å². The van der Waals surface area contributed by atoms with Crippen LogP contribution in [-0.4, -0.2) is 44.4 Å². The number of fused-ring (bicyclic) bond motifs is 1. The highest BCUT2D eigenvalue weighted by Crippen LogP contribution is 2.38. The van der Waals surface area contributed by atoms with Crippen molar-refractivity contribution in [2.45, 2.75) is 45.1 Å². The summed E-state index contributed by atoms with van der Waals surface area (Å²) < 4.78 is 29.1. The standard InChI is InChI=1S/C22H26N2O5S2/c1-14-6-2-4-8-17(14)29-12-19(25)24-22-20(16-7-3-5-9-18(16)30-22)21(26)23-15-10-11-31(27,28)13-15/h2,4,6,8,15H,3,5,7,9-13H2,1H3,(H,23,26)(H,24,25)/t15-/m0/s1. The SMILES string of the molecule is Cc1ccccc1OCC(=O)Nc1sc2c(c1C(=O)N[C@H]1CCS(=O)(=O)C1)CCCC2. The molecule has 0 radical (unpaired) electrons. The van der Waals surface area contributed by atoms with Gasteiger partial charge in [0.25, 0.3) is 11.8 Å². The van der Waals surface area contributed by atoms with Crippen molar-refractivity contribution in [1.29, 1.82) is 0 Å². The second-order valence-electron chi connectivity index (χ2n) is 8.09. The number of hydrogen-bond acceptors (Lipinski definition) is 6. The number of benzene rings is 1. The minimum absolute atomic E-state index is 0.0307. The van der Waals surface area contributed by atoms with Crippen LogP contribution in [0.5, 0.6) is 5.75 Å². The molecule has 31 heavy (non-hydrogen) atoms. The number of rotatable bonds is 6. The Morgan fingerprint density at radius 1 is 1.19 bits per heavy atom. The molecule has 1 aliphatic heterocycles. The highest BCUT2D eigenvalue weighted by atomic mass is 32.2. The molecule has 2 amide bonds. The number of aryl methyl sites for hydroxylation is 2. The summed E-state index contributed by atoms with van der Waals surface area (Å²) in [6.07, 6.45) is 4.14. The van der Waals surface area contributed by atoms with Gasteiger partial charge >= 0.3 is 0 Å². The van der Waals surface area contributed by atoms with E-state index in [0.29, 0.717) is 22.7 Å². The molecule has 0 unspecified atom stereocenters. The Morgan fingerprint density at radius 3 is 2.71 bits per heavy atom. The van der Waals surface area contributed by atoms with E-state index in [9.17, 15) is 18.0 Å². The molecular weight excluding hydrogens is 436 g/mol. The largest absolute Gasteiger partial charge is 0.483 e. The van der Waals surface area contributed by atoms with Gasteiger partial charge in [-0.05, 0) is 56.2 Å². The lowest BCUT2D eigenvalue weighted by molar-refractivity contribution is -0.118. The van der Waals surface area contributed by atoms with E-state index < -0.39 is 9.84 Å². The highest BCUT2D eigenvalue weighted by Gasteiger charge is 2.32. The van der Waals surface area contributed by atoms with Crippen molar-refractivity contribution in [2.24, 2.45) is 0 Å². The lowest BCUT2D eigenvalue weighted by atomic mass is 9.95. The number of sulfone groups is 1. The first-order chi connectivity index (χ1) is 14.8. The van der Waals surface area contributed by atoms with E-state index >= 15 is 0 Å². The summed E-state index contributed by atoms with van der Waals surface area (Å²) >= 11 is 1.43. The van der Waals surface area contributed by atoms with E-state index in [2.05, 4.69) is 10.6 Å². The van der Waals surface area contributed by atoms with Crippen molar-refractivity contribution in [3.05, 3.63) is 45.8 Å². The maximum absolute atomic E-state index is 13.1. The summed E-state index contributed by atoms with van der Waals surface area (Å²) in [5.74, 6) is 0.0656. The van der Waals surface area contributed by atoms with Gasteiger partial charge in [0.15, 0.2) is 16.4 Å². The molecule has 1 aromatic carbocycles. The number of carbonyl (C=O) groups is 2. The fourth-order valence-corrected chi connectivity index (χ4v) is 7.06. The quantitative estimate of drug-likeness (QED) is 0.687. The fraction of sp³-hybridized carbons (Fsp3) is 0.455. The molecule has 4 rings (SSSR count). The summed E-state index contributed by atoms with van der Waals surface area (Å²) in [6, 6.07) is 7.08. The Morgan fingerprint density at radius 2 is 1.97 bits per heavy atom. The second-order valence-corrected chi connectivity index (χ2v) is 11.4. The molecule has 1 aliphatic carbocycles. The van der Waals surface area contributed by atoms with E-state index in [-0.39, 0.29) is 36.0 Å². The van der Waals surface area contributed by atoms with Crippen molar-refractivity contribution in [3.63, 3.8) is 0 Å². The average Bonchev–Trinajstić information content (AvgIpc) is 3.26. The normalized spacial score (nSPS) is 19.5. The van der Waals surface area contributed by atoms with Gasteiger partial charge < -0.3 is 15.4 Å². The number of nitrogens with one attached hydrogen (secondary N) is 2. The summed E-state index contributed by atoms with van der Waals surface area (Å²) in [5, 5.41) is 6.24. The number of anilines is 1. The van der Waals surface area contributed by atoms with E-state index in [4.69, 9.17) is 4.74 Å². The van der Waals surface area contributed by atoms with Gasteiger partial charge in [0.1, 0.15) is 10.8 Å². The molecule has 9 heteroatoms. The molecule has 1 fully saturated rings. The number of hydrogen-bond donors (Lipinski definition) is 2. The Kier molecular flexibility index (Phi) is 6.34. The number of para-hydroxylation sites is 1. The van der Waals surface area contributed by atoms with Crippen LogP contribution in [0.25, 0.3) is 0 Å². The van der Waals surface area contributed by atoms with Crippen molar-refractivity contribution in [3.8, 4) is 5.75 Å². The zero-order chi connectivity index (χ0) is 22.0. The second kappa shape index (κ2) is 9.00. The monoisotopic (exact) mass is 462 g/mol. The van der Waals surface area contributed by atoms with E-state index in [0.717, 1.165) is 41.7 Å². The zero-order valence-corrected chi connectivity index (χ0v) is 19.0. The Bertz CT molecular complexity index is 1110. The minimum Gasteiger partial charge on any atom is -0.483 e. The van der Waals surface area contributed by atoms with Crippen LogP contribution in [0.3, 0.4) is 0 Å². The molecule has 2 heterocycles. The van der Waals surface area contributed by atoms with Crippen LogP contribution < -0.4 is 15.4 Å². The van der Waals surface area contributed by atoms with E-state index in [1.165, 1.54) is 11.3 Å². The molecular formula is C22H26N2O5S2. The van der Waals surface area contributed by atoms with E-state index in [1.807, 2.05) is 25.1 Å². The molecule has 1 saturated heterocycles. The lowest BCUT2D eigenvalue weighted by Gasteiger charge is -2.15. The molecule has 2 N–H and O–H groups in total. The first-order valence-electron chi connectivity index (χ1n) is 10.5. The van der Waals surface area contributed by atoms with Crippen LogP contribution in [0, 0.1) is 6.92 Å². The third kappa shape index (κ3) is 5.10. The Balaban J connectivity index is 1.49. The minimum atomic E-state index is -3.09. The van der Waals surface area contributed by atoms with Gasteiger partial charge in [-0.1, -0.05) is 18.2 Å². The van der Waals surface area contributed by atoms with Gasteiger partial charge in [-0.15, -0.1) is 11.3 Å². The van der Waals surface area contributed by atoms with Crippen molar-refractivity contribution < 1.29 is 22.7 Å². The maximum Gasteiger partial charge on any atom is 0.262 e. The molecule has 1 atom stereocenters. The molecule has 0 spiro atoms. The van der Waals surface area contributed by atoms with Crippen LogP contribution in [0.1, 0.15) is 45.6 Å². The summed E-state index contributed by atoms with van der Waals surface area (Å²) in [5.41, 5.74) is 2.39. The molecule has 2 aromatic rings. The van der Waals surface area contributed by atoms with E-state index in [1.54, 1.807) is 6.07 Å². The Hall–Kier alpha value is -2.39. The Labute approximate surface area is 186 Å². The van der Waals surface area contributed by atoms with Gasteiger partial charge in [-0.2, -0.15) is 0 Å². The fourth-order valence-electron chi connectivity index (χ4n) is 4.08. The van der Waals surface area contributed by atoms with Crippen LogP contribution in [0.4, 0.5) is 5.00 Å². The first-order valence-corrected chi connectivity index (χ1v) is 13.1. The molecule has 0 saturated carbocycles. The van der Waals surface area contributed by atoms with Gasteiger partial charge in [0.2, 0.25) is 0 Å². The van der Waals surface area contributed by atoms with Crippen molar-refractivity contribution in [2.75, 3.05) is 23.4 Å². The first kappa shape index (κ1) is 21.8. The molecule has 7 nitrogen and oxygen atoms in total. The summed E-state index contributed by atoms with van der Waals surface area (Å²) in [6.45, 7) is 1.75. The summed E-state index contributed by atoms with van der Waals surface area (Å²) in [7, 11) is -3.09. The topological polar surface area (TPSA) is 102 Å². The molecule has 166 valence electrons. The number of thiophene rings is 1. The number of carbonyl (C=O) groups excluding carboxylic acids is 2. The predicted molar refractivity (Wildman–Crippen MR) is 121 cm³/mol. The number of ether oxygens (including phenoxy) is 1. The van der Waals surface area contributed by atoms with Crippen LogP contribution in [0.2, 0.25) is 0 Å². The van der Waals surface area contributed by atoms with Crippen LogP contribution in [0.15, 0.2) is 24.3 Å². The predicted octanol–water partition coefficient (Wildman–Crippen LogP) is 2.87. The van der Waals surface area contributed by atoms with Crippen molar-refractivity contribution in [1.82, 2.24) is 5.32 Å². The van der Waals surface area contributed by atoms with Crippen molar-refractivity contribution >= 4 is 38.0 Å². The maximum atomic E-state index is 13.1. The smallest absolute Gasteiger partial charge is 0.262 e. The van der Waals surface area contributed by atoms with Gasteiger partial charge in [-0.3, -0.25) is 9.59 Å². The third-order valence-electron chi connectivity index (χ3n) is 5.67. The molecule has 1 aromatic heterocycles. The van der Waals surface area contributed by atoms with Gasteiger partial charge in [-0.25, -0.2) is 8.42 Å². The highest BCUT2D eigenvalue weighted by molar-refractivity contribution is 7.91. The average molecular weight is 463 g/mol. The number of amides is 2. The van der Waals surface area contributed by atoms with Crippen LogP contribution >= 0.6 is 11.3 Å². The van der Waals surface area contributed by atoms with Gasteiger partial charge in [0.05, 0.1) is 17.1 Å². The summed E-state index contributed by atoms with van der Waals surface area (Å²) in [4.78, 5) is 26.8. The molecule has 2 aliphatic rings. The third-order valence-corrected chi connectivity index (χ3v) is 8.65.